The zero-order valence-electron chi connectivity index (χ0n) is 18.1. The van der Waals surface area contributed by atoms with Gasteiger partial charge in [-0.3, -0.25) is 4.57 Å². The number of carboxylic acids is 1. The van der Waals surface area contributed by atoms with Crippen LogP contribution in [0.2, 0.25) is 0 Å². The van der Waals surface area contributed by atoms with Crippen molar-refractivity contribution in [3.05, 3.63) is 43.0 Å². The second-order valence-electron chi connectivity index (χ2n) is 7.23. The first-order valence-electron chi connectivity index (χ1n) is 10.1. The SMILES string of the molecule is CCN([C@@H](C)C(=O)[O-])P(=O)(CO[C@H](C)Cn1cnc2c(N)ncnc21)Oc1ccccc1. The topological polar surface area (TPSA) is 149 Å². The lowest BCUT2D eigenvalue weighted by Crippen LogP contribution is -2.45. The van der Waals surface area contributed by atoms with E-state index in [9.17, 15) is 14.5 Å². The third-order valence-electron chi connectivity index (χ3n) is 4.90. The van der Waals surface area contributed by atoms with E-state index in [0.717, 1.165) is 0 Å². The number of anilines is 1. The van der Waals surface area contributed by atoms with E-state index in [2.05, 4.69) is 15.0 Å². The predicted octanol–water partition coefficient (Wildman–Crippen LogP) is 1.50. The van der Waals surface area contributed by atoms with Crippen molar-refractivity contribution in [2.45, 2.75) is 39.5 Å². The Kier molecular flexibility index (Phi) is 7.44. The molecule has 0 aliphatic rings. The van der Waals surface area contributed by atoms with Crippen LogP contribution in [0.25, 0.3) is 11.2 Å². The van der Waals surface area contributed by atoms with Crippen LogP contribution in [0.4, 0.5) is 5.82 Å². The molecule has 0 radical (unpaired) electrons. The molecule has 0 fully saturated rings. The van der Waals surface area contributed by atoms with Gasteiger partial charge in [0.05, 0.1) is 31.0 Å². The Morgan fingerprint density at radius 2 is 1.97 bits per heavy atom. The molecule has 2 N–H and O–H groups in total. The van der Waals surface area contributed by atoms with Gasteiger partial charge < -0.3 is 29.5 Å². The Morgan fingerprint density at radius 1 is 1.25 bits per heavy atom. The molecule has 0 amide bonds. The van der Waals surface area contributed by atoms with Gasteiger partial charge in [0, 0.05) is 6.54 Å². The number of para-hydroxylation sites is 1. The molecule has 0 saturated carbocycles. The maximum absolute atomic E-state index is 13.9. The first-order valence-corrected chi connectivity index (χ1v) is 11.9. The number of carbonyl (C=O) groups excluding carboxylic acids is 1. The van der Waals surface area contributed by atoms with E-state index in [0.29, 0.717) is 23.5 Å². The highest BCUT2D eigenvalue weighted by Crippen LogP contribution is 2.52. The van der Waals surface area contributed by atoms with E-state index in [1.165, 1.54) is 17.9 Å². The second kappa shape index (κ2) is 10.1. The summed E-state index contributed by atoms with van der Waals surface area (Å²) in [5.74, 6) is -0.722. The number of benzene rings is 1. The highest BCUT2D eigenvalue weighted by molar-refractivity contribution is 7.56. The number of aromatic nitrogens is 4. The number of imidazole rings is 1. The number of carboxylic acid groups (broad SMARTS) is 1. The van der Waals surface area contributed by atoms with Crippen LogP contribution in [0.15, 0.2) is 43.0 Å². The lowest BCUT2D eigenvalue weighted by molar-refractivity contribution is -0.309. The normalized spacial score (nSPS) is 15.4. The minimum atomic E-state index is -3.74. The molecule has 1 aromatic carbocycles. The first kappa shape index (κ1) is 23.6. The number of ether oxygens (including phenoxy) is 1. The van der Waals surface area contributed by atoms with Crippen LogP contribution < -0.4 is 15.4 Å². The number of aliphatic carboxylic acids is 1. The Bertz CT molecular complexity index is 1110. The van der Waals surface area contributed by atoms with E-state index in [1.54, 1.807) is 55.1 Å². The number of carbonyl (C=O) groups is 1. The van der Waals surface area contributed by atoms with Gasteiger partial charge in [-0.2, -0.15) is 0 Å². The van der Waals surface area contributed by atoms with Gasteiger partial charge in [0.15, 0.2) is 11.5 Å². The lowest BCUT2D eigenvalue weighted by atomic mass is 10.3. The molecular weight excluding hydrogens is 435 g/mol. The van der Waals surface area contributed by atoms with E-state index in [4.69, 9.17) is 15.0 Å². The number of hydrogen-bond donors (Lipinski definition) is 1. The third kappa shape index (κ3) is 5.24. The molecule has 0 bridgehead atoms. The van der Waals surface area contributed by atoms with Gasteiger partial charge in [-0.15, -0.1) is 0 Å². The van der Waals surface area contributed by atoms with Crippen molar-refractivity contribution in [1.82, 2.24) is 24.2 Å². The average molecular weight is 461 g/mol. The second-order valence-corrected chi connectivity index (χ2v) is 9.46. The summed E-state index contributed by atoms with van der Waals surface area (Å²) < 4.78 is 28.6. The molecule has 172 valence electrons. The zero-order valence-corrected chi connectivity index (χ0v) is 19.0. The zero-order chi connectivity index (χ0) is 23.3. The molecule has 0 aliphatic carbocycles. The fourth-order valence-corrected chi connectivity index (χ4v) is 5.51. The highest BCUT2D eigenvalue weighted by atomic mass is 31.2. The van der Waals surface area contributed by atoms with Gasteiger partial charge in [-0.25, -0.2) is 19.6 Å². The van der Waals surface area contributed by atoms with Gasteiger partial charge in [-0.1, -0.05) is 25.1 Å². The summed E-state index contributed by atoms with van der Waals surface area (Å²) in [5.41, 5.74) is 6.86. The first-order chi connectivity index (χ1) is 15.2. The molecule has 2 aromatic heterocycles. The molecule has 0 spiro atoms. The summed E-state index contributed by atoms with van der Waals surface area (Å²) >= 11 is 0. The molecule has 0 aliphatic heterocycles. The summed E-state index contributed by atoms with van der Waals surface area (Å²) in [4.78, 5) is 23.8. The number of nitrogens with two attached hydrogens (primary N) is 1. The molecule has 11 nitrogen and oxygen atoms in total. The number of hydrogen-bond acceptors (Lipinski definition) is 9. The Labute approximate surface area is 185 Å². The van der Waals surface area contributed by atoms with Crippen molar-refractivity contribution in [3.8, 4) is 5.75 Å². The van der Waals surface area contributed by atoms with Crippen molar-refractivity contribution < 1.29 is 23.7 Å². The number of rotatable bonds is 11. The van der Waals surface area contributed by atoms with E-state index >= 15 is 0 Å². The molecule has 1 unspecified atom stereocenters. The van der Waals surface area contributed by atoms with Crippen LogP contribution in [0.1, 0.15) is 20.8 Å². The van der Waals surface area contributed by atoms with Crippen molar-refractivity contribution >= 4 is 30.5 Å². The highest BCUT2D eigenvalue weighted by Gasteiger charge is 2.37. The molecule has 12 heteroatoms. The van der Waals surface area contributed by atoms with Gasteiger partial charge in [0.25, 0.3) is 0 Å². The van der Waals surface area contributed by atoms with Crippen molar-refractivity contribution in [3.63, 3.8) is 0 Å². The van der Waals surface area contributed by atoms with E-state index in [-0.39, 0.29) is 18.7 Å². The van der Waals surface area contributed by atoms with E-state index < -0.39 is 25.6 Å². The number of nitrogen functional groups attached to an aromatic ring is 1. The van der Waals surface area contributed by atoms with Gasteiger partial charge in [0.1, 0.15) is 23.9 Å². The summed E-state index contributed by atoms with van der Waals surface area (Å²) in [7, 11) is -3.74. The van der Waals surface area contributed by atoms with Crippen LogP contribution in [-0.4, -0.2) is 55.2 Å². The molecular formula is C20H26N6O5P-. The van der Waals surface area contributed by atoms with Gasteiger partial charge in [-0.05, 0) is 26.0 Å². The van der Waals surface area contributed by atoms with Gasteiger partial charge >= 0.3 is 7.52 Å². The largest absolute Gasteiger partial charge is 0.548 e. The van der Waals surface area contributed by atoms with E-state index in [1.807, 2.05) is 0 Å². The van der Waals surface area contributed by atoms with Crippen LogP contribution in [-0.2, 0) is 20.6 Å². The summed E-state index contributed by atoms with van der Waals surface area (Å²) in [6, 6.07) is 7.43. The average Bonchev–Trinajstić information content (AvgIpc) is 3.17. The van der Waals surface area contributed by atoms with Crippen molar-refractivity contribution in [2.24, 2.45) is 0 Å². The maximum atomic E-state index is 13.9. The van der Waals surface area contributed by atoms with Gasteiger partial charge in [0.2, 0.25) is 0 Å². The molecule has 3 atom stereocenters. The number of fused-ring (bicyclic) bond motifs is 1. The summed E-state index contributed by atoms with van der Waals surface area (Å²) in [6.45, 7) is 5.41. The predicted molar refractivity (Wildman–Crippen MR) is 117 cm³/mol. The molecule has 3 rings (SSSR count). The fraction of sp³-hybridized carbons (Fsp3) is 0.400. The number of nitrogens with zero attached hydrogens (tertiary/aromatic N) is 5. The van der Waals surface area contributed by atoms with Crippen LogP contribution >= 0.6 is 7.52 Å². The minimum Gasteiger partial charge on any atom is -0.548 e. The minimum absolute atomic E-state index is 0.166. The molecule has 0 saturated heterocycles. The van der Waals surface area contributed by atoms with Crippen molar-refractivity contribution in [1.29, 1.82) is 0 Å². The Balaban J connectivity index is 1.78. The molecule has 32 heavy (non-hydrogen) atoms. The lowest BCUT2D eigenvalue weighted by Gasteiger charge is -2.35. The smallest absolute Gasteiger partial charge is 0.345 e. The van der Waals surface area contributed by atoms with Crippen LogP contribution in [0, 0.1) is 0 Å². The Morgan fingerprint density at radius 3 is 2.62 bits per heavy atom. The van der Waals surface area contributed by atoms with Crippen LogP contribution in [0.5, 0.6) is 5.75 Å². The molecule has 3 aromatic rings. The van der Waals surface area contributed by atoms with Crippen LogP contribution in [0.3, 0.4) is 0 Å². The quantitative estimate of drug-likeness (QED) is 0.416. The standard InChI is InChI=1S/C20H27N6O5P/c1-4-26(15(3)20(27)28)32(29,31-16-8-6-5-7-9-16)13-30-14(2)10-25-12-24-17-18(21)22-11-23-19(17)25/h5-9,11-12,14-15H,4,10,13H2,1-3H3,(H,27,28)(H2,21,22,23)/p-1/t14-,15+,32?/m1/s1. The fourth-order valence-electron chi connectivity index (χ4n) is 3.26. The number of likely N-dealkylation sites (N-methyl/N-ethyl adjacent to an activating group) is 1. The summed E-state index contributed by atoms with van der Waals surface area (Å²) in [6.07, 6.45) is 2.18. The molecule has 2 heterocycles. The monoisotopic (exact) mass is 461 g/mol. The maximum Gasteiger partial charge on any atom is 0.345 e. The van der Waals surface area contributed by atoms with Crippen molar-refractivity contribution in [2.75, 3.05) is 18.6 Å². The summed E-state index contributed by atoms with van der Waals surface area (Å²) in [5, 5.41) is 11.5. The Hall–Kier alpha value is -3.01. The third-order valence-corrected chi connectivity index (χ3v) is 7.28.